The van der Waals surface area contributed by atoms with Gasteiger partial charge in [-0.2, -0.15) is 4.98 Å². The lowest BCUT2D eigenvalue weighted by molar-refractivity contribution is -0.158. The Morgan fingerprint density at radius 3 is 2.58 bits per heavy atom. The molecule has 4 heterocycles. The lowest BCUT2D eigenvalue weighted by Crippen LogP contribution is -2.45. The molecular formula is C32H37FN8O4. The lowest BCUT2D eigenvalue weighted by atomic mass is 10.0. The summed E-state index contributed by atoms with van der Waals surface area (Å²) in [7, 11) is 1.96. The molecule has 236 valence electrons. The minimum atomic E-state index is -0.637. The molecule has 1 atom stereocenters. The fraction of sp³-hybridized carbons (Fsp3) is 0.406. The van der Waals surface area contributed by atoms with E-state index >= 15 is 0 Å². The molecular weight excluding hydrogens is 579 g/mol. The van der Waals surface area contributed by atoms with Crippen molar-refractivity contribution in [2.75, 3.05) is 49.8 Å². The van der Waals surface area contributed by atoms with Gasteiger partial charge in [0.15, 0.2) is 0 Å². The summed E-state index contributed by atoms with van der Waals surface area (Å²) in [4.78, 5) is 44.3. The first-order chi connectivity index (χ1) is 21.9. The van der Waals surface area contributed by atoms with E-state index in [2.05, 4.69) is 25.5 Å². The third-order valence-electron chi connectivity index (χ3n) is 8.54. The average Bonchev–Trinajstić information content (AvgIpc) is 3.71. The number of aromatic nitrogens is 4. The second-order valence-corrected chi connectivity index (χ2v) is 11.3. The van der Waals surface area contributed by atoms with Gasteiger partial charge in [0.1, 0.15) is 11.9 Å². The van der Waals surface area contributed by atoms with Crippen LogP contribution in [0.1, 0.15) is 31.2 Å². The summed E-state index contributed by atoms with van der Waals surface area (Å²) < 4.78 is 26.7. The molecule has 2 saturated heterocycles. The number of esters is 1. The Morgan fingerprint density at radius 2 is 1.80 bits per heavy atom. The highest BCUT2D eigenvalue weighted by Crippen LogP contribution is 2.28. The topological polar surface area (TPSA) is 132 Å². The Hall–Kier alpha value is -4.78. The highest BCUT2D eigenvalue weighted by Gasteiger charge is 2.34. The summed E-state index contributed by atoms with van der Waals surface area (Å²) >= 11 is 0. The molecule has 12 nitrogen and oxygen atoms in total. The number of ether oxygens (including phenoxy) is 2. The minimum Gasteiger partial charge on any atom is -0.440 e. The standard InChI is InChI=1S/C32H37FN8O4/c1-38(31-35-15-12-28(37-31)44-21-45-30(43)27-7-4-16-40(27)29(42)19-34)24-13-17-39(18-14-24)32-36-25-5-2-3-6-26(25)41(32)20-22-8-10-23(33)11-9-22/h2-3,5-6,8-12,15,24,27H,4,7,13-14,16-21,34H2,1H3. The van der Waals surface area contributed by atoms with E-state index in [0.29, 0.717) is 25.5 Å². The van der Waals surface area contributed by atoms with Gasteiger partial charge < -0.3 is 34.5 Å². The zero-order chi connectivity index (χ0) is 31.3. The largest absolute Gasteiger partial charge is 0.440 e. The Morgan fingerprint density at radius 1 is 1.02 bits per heavy atom. The number of fused-ring (bicyclic) bond motifs is 1. The molecule has 13 heteroatoms. The van der Waals surface area contributed by atoms with E-state index in [1.165, 1.54) is 17.0 Å². The Kier molecular flexibility index (Phi) is 9.06. The fourth-order valence-corrected chi connectivity index (χ4v) is 6.10. The van der Waals surface area contributed by atoms with Crippen LogP contribution < -0.4 is 20.3 Å². The van der Waals surface area contributed by atoms with Crippen LogP contribution in [0.15, 0.2) is 60.8 Å². The van der Waals surface area contributed by atoms with Crippen molar-refractivity contribution in [3.63, 3.8) is 0 Å². The van der Waals surface area contributed by atoms with Gasteiger partial charge in [-0.05, 0) is 55.5 Å². The molecule has 0 radical (unpaired) electrons. The summed E-state index contributed by atoms with van der Waals surface area (Å²) in [5.41, 5.74) is 8.43. The van der Waals surface area contributed by atoms with Gasteiger partial charge in [-0.3, -0.25) is 4.79 Å². The maximum Gasteiger partial charge on any atom is 0.331 e. The second kappa shape index (κ2) is 13.5. The SMILES string of the molecule is CN(c1nccc(OCOC(=O)C2CCCN2C(=O)CN)n1)C1CCN(c2nc3ccccc3n2Cc2ccc(F)cc2)CC1. The molecule has 45 heavy (non-hydrogen) atoms. The van der Waals surface area contributed by atoms with Crippen molar-refractivity contribution in [1.82, 2.24) is 24.4 Å². The summed E-state index contributed by atoms with van der Waals surface area (Å²) in [5.74, 6) is 0.658. The molecule has 0 bridgehead atoms. The van der Waals surface area contributed by atoms with Gasteiger partial charge in [-0.15, -0.1) is 0 Å². The van der Waals surface area contributed by atoms with Gasteiger partial charge in [0, 0.05) is 45.0 Å². The van der Waals surface area contributed by atoms with Gasteiger partial charge in [0.25, 0.3) is 0 Å². The summed E-state index contributed by atoms with van der Waals surface area (Å²) in [5, 5.41) is 0. The van der Waals surface area contributed by atoms with Gasteiger partial charge >= 0.3 is 5.97 Å². The van der Waals surface area contributed by atoms with Crippen molar-refractivity contribution in [1.29, 1.82) is 0 Å². The smallest absolute Gasteiger partial charge is 0.331 e. The highest BCUT2D eigenvalue weighted by atomic mass is 19.1. The number of halogens is 1. The van der Waals surface area contributed by atoms with E-state index in [-0.39, 0.29) is 37.0 Å². The maximum atomic E-state index is 13.5. The zero-order valence-corrected chi connectivity index (χ0v) is 25.2. The third kappa shape index (κ3) is 6.68. The predicted molar refractivity (Wildman–Crippen MR) is 166 cm³/mol. The van der Waals surface area contributed by atoms with Crippen LogP contribution in [0.25, 0.3) is 11.0 Å². The molecule has 1 amide bonds. The minimum absolute atomic E-state index is 0.143. The molecule has 2 aliphatic heterocycles. The number of hydrogen-bond acceptors (Lipinski definition) is 10. The molecule has 2 aliphatic rings. The normalized spacial score (nSPS) is 17.1. The van der Waals surface area contributed by atoms with Gasteiger partial charge in [-0.1, -0.05) is 24.3 Å². The summed E-state index contributed by atoms with van der Waals surface area (Å²) in [6.45, 7) is 2.20. The van der Waals surface area contributed by atoms with Crippen molar-refractivity contribution in [2.45, 2.75) is 44.3 Å². The number of nitrogens with zero attached hydrogens (tertiary/aromatic N) is 7. The first-order valence-electron chi connectivity index (χ1n) is 15.2. The van der Waals surface area contributed by atoms with E-state index in [4.69, 9.17) is 20.2 Å². The van der Waals surface area contributed by atoms with E-state index in [9.17, 15) is 14.0 Å². The third-order valence-corrected chi connectivity index (χ3v) is 8.54. The van der Waals surface area contributed by atoms with Crippen molar-refractivity contribution < 1.29 is 23.5 Å². The highest BCUT2D eigenvalue weighted by molar-refractivity contribution is 5.86. The number of amides is 1. The van der Waals surface area contributed by atoms with Crippen LogP contribution >= 0.6 is 0 Å². The van der Waals surface area contributed by atoms with E-state index in [0.717, 1.165) is 54.9 Å². The Bertz CT molecular complexity index is 1640. The predicted octanol–water partition coefficient (Wildman–Crippen LogP) is 2.95. The average molecular weight is 617 g/mol. The van der Waals surface area contributed by atoms with Crippen LogP contribution in [0.4, 0.5) is 16.3 Å². The number of hydrogen-bond donors (Lipinski definition) is 1. The van der Waals surface area contributed by atoms with Crippen LogP contribution in [-0.2, 0) is 20.9 Å². The first-order valence-corrected chi connectivity index (χ1v) is 15.2. The van der Waals surface area contributed by atoms with Crippen molar-refractivity contribution in [2.24, 2.45) is 5.73 Å². The van der Waals surface area contributed by atoms with E-state index in [1.54, 1.807) is 12.3 Å². The molecule has 0 spiro atoms. The molecule has 0 aliphatic carbocycles. The van der Waals surface area contributed by atoms with Crippen LogP contribution in [-0.4, -0.2) is 88.4 Å². The number of likely N-dealkylation sites (tertiary alicyclic amines) is 1. The van der Waals surface area contributed by atoms with Crippen LogP contribution in [0, 0.1) is 5.82 Å². The van der Waals surface area contributed by atoms with E-state index < -0.39 is 12.0 Å². The molecule has 2 fully saturated rings. The molecule has 0 saturated carbocycles. The number of piperidine rings is 1. The molecule has 1 unspecified atom stereocenters. The summed E-state index contributed by atoms with van der Waals surface area (Å²) in [6.07, 6.45) is 4.60. The van der Waals surface area contributed by atoms with Gasteiger partial charge in [0.2, 0.25) is 30.5 Å². The van der Waals surface area contributed by atoms with Gasteiger partial charge in [-0.25, -0.2) is 19.2 Å². The van der Waals surface area contributed by atoms with Crippen LogP contribution in [0.5, 0.6) is 5.88 Å². The number of carbonyl (C=O) groups is 2. The monoisotopic (exact) mass is 616 g/mol. The molecule has 2 aromatic heterocycles. The Balaban J connectivity index is 1.06. The molecule has 2 N–H and O–H groups in total. The Labute approximate surface area is 260 Å². The maximum absolute atomic E-state index is 13.5. The zero-order valence-electron chi connectivity index (χ0n) is 25.2. The molecule has 6 rings (SSSR count). The number of carbonyl (C=O) groups excluding carboxylic acids is 2. The van der Waals surface area contributed by atoms with E-state index in [1.807, 2.05) is 42.3 Å². The number of nitrogens with two attached hydrogens (primary N) is 1. The van der Waals surface area contributed by atoms with Crippen LogP contribution in [0.2, 0.25) is 0 Å². The number of anilines is 2. The quantitative estimate of drug-likeness (QED) is 0.210. The lowest BCUT2D eigenvalue weighted by Gasteiger charge is -2.37. The van der Waals surface area contributed by atoms with Crippen molar-refractivity contribution >= 4 is 34.8 Å². The number of rotatable bonds is 10. The molecule has 4 aromatic rings. The van der Waals surface area contributed by atoms with Crippen LogP contribution in [0.3, 0.4) is 0 Å². The number of imidazole rings is 1. The number of para-hydroxylation sites is 2. The second-order valence-electron chi connectivity index (χ2n) is 11.3. The van der Waals surface area contributed by atoms with Crippen molar-refractivity contribution in [3.05, 3.63) is 72.2 Å². The fourth-order valence-electron chi connectivity index (χ4n) is 6.10. The molecule has 2 aromatic carbocycles. The van der Waals surface area contributed by atoms with Gasteiger partial charge in [0.05, 0.1) is 24.1 Å². The summed E-state index contributed by atoms with van der Waals surface area (Å²) in [6, 6.07) is 15.8. The first kappa shape index (κ1) is 30.3. The van der Waals surface area contributed by atoms with Crippen molar-refractivity contribution in [3.8, 4) is 5.88 Å². The number of benzene rings is 2.